The Labute approximate surface area is 155 Å². The van der Waals surface area contributed by atoms with Crippen molar-refractivity contribution in [2.45, 2.75) is 51.0 Å². The Morgan fingerprint density at radius 1 is 1.20 bits per heavy atom. The molecule has 0 aromatic heterocycles. The highest BCUT2D eigenvalue weighted by Crippen LogP contribution is 2.17. The third kappa shape index (κ3) is 7.78. The lowest BCUT2D eigenvalue weighted by Crippen LogP contribution is -2.41. The molecule has 1 aliphatic carbocycles. The highest BCUT2D eigenvalue weighted by atomic mass is 35.5. The van der Waals surface area contributed by atoms with Gasteiger partial charge in [-0.2, -0.15) is 0 Å². The maximum absolute atomic E-state index is 12.0. The Hall–Kier alpha value is -1.75. The van der Waals surface area contributed by atoms with Gasteiger partial charge in [0.1, 0.15) is 0 Å². The zero-order valence-corrected chi connectivity index (χ0v) is 15.7. The first-order chi connectivity index (χ1) is 12.2. The zero-order chi connectivity index (χ0) is 17.9. The molecule has 0 aliphatic heterocycles. The molecule has 1 aromatic carbocycles. The lowest BCUT2D eigenvalue weighted by Gasteiger charge is -2.22. The number of hydrogen-bond acceptors (Lipinski definition) is 2. The van der Waals surface area contributed by atoms with Crippen molar-refractivity contribution < 1.29 is 4.79 Å². The first-order valence-corrected chi connectivity index (χ1v) is 9.53. The van der Waals surface area contributed by atoms with Crippen molar-refractivity contribution in [3.05, 3.63) is 34.9 Å². The summed E-state index contributed by atoms with van der Waals surface area (Å²) in [5, 5.41) is 10.3. The lowest BCUT2D eigenvalue weighted by molar-refractivity contribution is -0.121. The average Bonchev–Trinajstić information content (AvgIpc) is 2.61. The fourth-order valence-corrected chi connectivity index (χ4v) is 3.29. The SMILES string of the molecule is CN=C(NCCC(=O)NC1CCCCC1)NCCc1cccc(Cl)c1. The Kier molecular flexibility index (Phi) is 8.60. The van der Waals surface area contributed by atoms with Gasteiger partial charge in [0.2, 0.25) is 5.91 Å². The van der Waals surface area contributed by atoms with E-state index in [-0.39, 0.29) is 5.91 Å². The molecule has 1 saturated carbocycles. The van der Waals surface area contributed by atoms with Crippen molar-refractivity contribution in [3.8, 4) is 0 Å². The van der Waals surface area contributed by atoms with Gasteiger partial charge in [0.05, 0.1) is 0 Å². The summed E-state index contributed by atoms with van der Waals surface area (Å²) < 4.78 is 0. The third-order valence-corrected chi connectivity index (χ3v) is 4.67. The van der Waals surface area contributed by atoms with Crippen LogP contribution in [0.1, 0.15) is 44.1 Å². The summed E-state index contributed by atoms with van der Waals surface area (Å²) >= 11 is 5.99. The van der Waals surface area contributed by atoms with Gasteiger partial charge in [0, 0.05) is 37.6 Å². The van der Waals surface area contributed by atoms with Crippen LogP contribution in [0.4, 0.5) is 0 Å². The third-order valence-electron chi connectivity index (χ3n) is 4.43. The van der Waals surface area contributed by atoms with Gasteiger partial charge in [-0.1, -0.05) is 43.0 Å². The number of rotatable bonds is 7. The van der Waals surface area contributed by atoms with E-state index >= 15 is 0 Å². The van der Waals surface area contributed by atoms with E-state index in [1.807, 2.05) is 18.2 Å². The van der Waals surface area contributed by atoms with Crippen molar-refractivity contribution in [2.24, 2.45) is 4.99 Å². The van der Waals surface area contributed by atoms with Gasteiger partial charge in [-0.25, -0.2) is 0 Å². The molecule has 0 unspecified atom stereocenters. The standard InChI is InChI=1S/C19H29ClN4O/c1-21-19(22-12-10-15-6-5-7-16(20)14-15)23-13-11-18(25)24-17-8-3-2-4-9-17/h5-7,14,17H,2-4,8-13H2,1H3,(H,24,25)(H2,21,22,23). The molecule has 0 heterocycles. The summed E-state index contributed by atoms with van der Waals surface area (Å²) in [5.41, 5.74) is 1.18. The van der Waals surface area contributed by atoms with Gasteiger partial charge >= 0.3 is 0 Å². The van der Waals surface area contributed by atoms with Gasteiger partial charge in [0.25, 0.3) is 0 Å². The van der Waals surface area contributed by atoms with Gasteiger partial charge in [-0.3, -0.25) is 9.79 Å². The molecule has 1 aliphatic rings. The molecule has 138 valence electrons. The number of benzene rings is 1. The first-order valence-electron chi connectivity index (χ1n) is 9.15. The molecular weight excluding hydrogens is 336 g/mol. The monoisotopic (exact) mass is 364 g/mol. The predicted molar refractivity (Wildman–Crippen MR) is 104 cm³/mol. The van der Waals surface area contributed by atoms with Crippen LogP contribution in [0.2, 0.25) is 5.02 Å². The van der Waals surface area contributed by atoms with E-state index < -0.39 is 0 Å². The minimum Gasteiger partial charge on any atom is -0.356 e. The summed E-state index contributed by atoms with van der Waals surface area (Å²) in [6.07, 6.45) is 7.32. The van der Waals surface area contributed by atoms with Gasteiger partial charge < -0.3 is 16.0 Å². The van der Waals surface area contributed by atoms with E-state index in [1.165, 1.54) is 24.8 Å². The second-order valence-electron chi connectivity index (χ2n) is 6.46. The summed E-state index contributed by atoms with van der Waals surface area (Å²) in [6.45, 7) is 1.34. The molecule has 0 radical (unpaired) electrons. The summed E-state index contributed by atoms with van der Waals surface area (Å²) in [5.74, 6) is 0.835. The number of guanidine groups is 1. The average molecular weight is 365 g/mol. The minimum absolute atomic E-state index is 0.119. The van der Waals surface area contributed by atoms with Crippen LogP contribution >= 0.6 is 11.6 Å². The van der Waals surface area contributed by atoms with Crippen LogP contribution < -0.4 is 16.0 Å². The highest BCUT2D eigenvalue weighted by molar-refractivity contribution is 6.30. The summed E-state index contributed by atoms with van der Waals surface area (Å²) in [4.78, 5) is 16.2. The molecule has 2 rings (SSSR count). The number of halogens is 1. The number of nitrogens with one attached hydrogen (secondary N) is 3. The Morgan fingerprint density at radius 2 is 1.96 bits per heavy atom. The molecule has 0 spiro atoms. The number of hydrogen-bond donors (Lipinski definition) is 3. The summed E-state index contributed by atoms with van der Waals surface area (Å²) in [6, 6.07) is 8.22. The number of carbonyl (C=O) groups is 1. The molecule has 25 heavy (non-hydrogen) atoms. The largest absolute Gasteiger partial charge is 0.356 e. The number of carbonyl (C=O) groups excluding carboxylic acids is 1. The van der Waals surface area contributed by atoms with E-state index in [2.05, 4.69) is 27.0 Å². The van der Waals surface area contributed by atoms with E-state index in [4.69, 9.17) is 11.6 Å². The number of aliphatic imine (C=N–C) groups is 1. The molecule has 0 bridgehead atoms. The van der Waals surface area contributed by atoms with Crippen molar-refractivity contribution in [3.63, 3.8) is 0 Å². The Balaban J connectivity index is 1.60. The highest BCUT2D eigenvalue weighted by Gasteiger charge is 2.15. The fourth-order valence-electron chi connectivity index (χ4n) is 3.08. The smallest absolute Gasteiger partial charge is 0.221 e. The second kappa shape index (κ2) is 11.0. The van der Waals surface area contributed by atoms with Crippen LogP contribution in [0.3, 0.4) is 0 Å². The lowest BCUT2D eigenvalue weighted by atomic mass is 9.95. The van der Waals surface area contributed by atoms with Gasteiger partial charge in [0.15, 0.2) is 5.96 Å². The van der Waals surface area contributed by atoms with Crippen LogP contribution in [-0.2, 0) is 11.2 Å². The first kappa shape index (κ1) is 19.6. The fraction of sp³-hybridized carbons (Fsp3) is 0.579. The molecule has 1 amide bonds. The zero-order valence-electron chi connectivity index (χ0n) is 15.0. The molecule has 1 aromatic rings. The van der Waals surface area contributed by atoms with E-state index in [0.29, 0.717) is 25.0 Å². The topological polar surface area (TPSA) is 65.5 Å². The maximum Gasteiger partial charge on any atom is 0.221 e. The van der Waals surface area contributed by atoms with Crippen molar-refractivity contribution in [1.29, 1.82) is 0 Å². The Bertz CT molecular complexity index is 570. The van der Waals surface area contributed by atoms with Crippen LogP contribution in [-0.4, -0.2) is 38.0 Å². The second-order valence-corrected chi connectivity index (χ2v) is 6.89. The summed E-state index contributed by atoms with van der Waals surface area (Å²) in [7, 11) is 1.73. The van der Waals surface area contributed by atoms with Crippen LogP contribution in [0.15, 0.2) is 29.3 Å². The van der Waals surface area contributed by atoms with Gasteiger partial charge in [-0.15, -0.1) is 0 Å². The number of nitrogens with zero attached hydrogens (tertiary/aromatic N) is 1. The van der Waals surface area contributed by atoms with Crippen molar-refractivity contribution in [1.82, 2.24) is 16.0 Å². The molecule has 1 fully saturated rings. The molecule has 0 atom stereocenters. The van der Waals surface area contributed by atoms with Crippen LogP contribution in [0.5, 0.6) is 0 Å². The van der Waals surface area contributed by atoms with Crippen LogP contribution in [0.25, 0.3) is 0 Å². The quantitative estimate of drug-likeness (QED) is 0.515. The maximum atomic E-state index is 12.0. The predicted octanol–water partition coefficient (Wildman–Crippen LogP) is 2.89. The van der Waals surface area contributed by atoms with Crippen molar-refractivity contribution >= 4 is 23.5 Å². The van der Waals surface area contributed by atoms with E-state index in [0.717, 1.165) is 30.8 Å². The Morgan fingerprint density at radius 3 is 2.68 bits per heavy atom. The van der Waals surface area contributed by atoms with Crippen LogP contribution in [0, 0.1) is 0 Å². The minimum atomic E-state index is 0.119. The van der Waals surface area contributed by atoms with E-state index in [1.54, 1.807) is 7.05 Å². The molecule has 5 nitrogen and oxygen atoms in total. The van der Waals surface area contributed by atoms with E-state index in [9.17, 15) is 4.79 Å². The molecule has 3 N–H and O–H groups in total. The van der Waals surface area contributed by atoms with Gasteiger partial charge in [-0.05, 0) is 37.0 Å². The molecule has 0 saturated heterocycles. The van der Waals surface area contributed by atoms with Crippen molar-refractivity contribution in [2.75, 3.05) is 20.1 Å². The number of amides is 1. The molecule has 6 heteroatoms. The molecular formula is C19H29ClN4O. The normalized spacial score (nSPS) is 15.7.